The fourth-order valence-corrected chi connectivity index (χ4v) is 1.56. The zero-order chi connectivity index (χ0) is 10.3. The summed E-state index contributed by atoms with van der Waals surface area (Å²) in [6.45, 7) is 1.43. The molecule has 0 amide bonds. The van der Waals surface area contributed by atoms with Gasteiger partial charge in [0.1, 0.15) is 6.61 Å². The molecule has 15 heavy (non-hydrogen) atoms. The summed E-state index contributed by atoms with van der Waals surface area (Å²) in [5.41, 5.74) is 1.68. The lowest BCUT2D eigenvalue weighted by Gasteiger charge is -2.02. The first-order chi connectivity index (χ1) is 6.65. The molecule has 0 bridgehead atoms. The summed E-state index contributed by atoms with van der Waals surface area (Å²) in [5, 5.41) is 18.6. The van der Waals surface area contributed by atoms with E-state index in [-0.39, 0.29) is 31.4 Å². The van der Waals surface area contributed by atoms with Crippen molar-refractivity contribution in [1.82, 2.24) is 0 Å². The van der Waals surface area contributed by atoms with Crippen LogP contribution in [0, 0.1) is 6.92 Å². The quantitative estimate of drug-likeness (QED) is 0.496. The Morgan fingerprint density at radius 2 is 2.20 bits per heavy atom. The van der Waals surface area contributed by atoms with E-state index >= 15 is 0 Å². The Hall–Kier alpha value is -1.33. The van der Waals surface area contributed by atoms with Crippen LogP contribution >= 0.6 is 0 Å². The molecular weight excluding hydrogens is 222 g/mol. The number of pyridine rings is 1. The third-order valence-electron chi connectivity index (χ3n) is 2.33. The number of aromatic nitrogens is 1. The molecule has 0 saturated carbocycles. The molecule has 6 heteroatoms. The molecule has 0 spiro atoms. The van der Waals surface area contributed by atoms with E-state index in [9.17, 15) is 9.90 Å². The number of aromatic hydroxyl groups is 1. The van der Waals surface area contributed by atoms with Crippen molar-refractivity contribution < 1.29 is 37.1 Å². The van der Waals surface area contributed by atoms with Crippen molar-refractivity contribution in [1.29, 1.82) is 0 Å². The average Bonchev–Trinajstić information content (AvgIpc) is 2.51. The lowest BCUT2D eigenvalue weighted by Crippen LogP contribution is -3.00. The summed E-state index contributed by atoms with van der Waals surface area (Å²) < 4.78 is 4.78. The van der Waals surface area contributed by atoms with Gasteiger partial charge >= 0.3 is 5.97 Å². The molecule has 2 rings (SSSR count). The van der Waals surface area contributed by atoms with Crippen molar-refractivity contribution >= 4 is 5.97 Å². The van der Waals surface area contributed by atoms with Crippen LogP contribution in [0.25, 0.3) is 0 Å². The normalized spacial score (nSPS) is 13.1. The number of aryl methyl sites for hydroxylation is 1. The minimum atomic E-state index is -0.446. The molecule has 1 aromatic heterocycles. The Bertz CT molecular complexity index is 419. The summed E-state index contributed by atoms with van der Waals surface area (Å²) >= 11 is 0. The maximum Gasteiger partial charge on any atom is 0.404 e. The molecule has 0 aliphatic carbocycles. The fraction of sp³-hybridized carbons (Fsp3) is 0.333. The van der Waals surface area contributed by atoms with Gasteiger partial charge in [-0.25, -0.2) is 4.79 Å². The molecule has 82 valence electrons. The number of carbonyl (C=O) groups is 1. The Labute approximate surface area is 92.1 Å². The molecule has 1 aromatic rings. The number of carbonyl (C=O) groups excluding carboxylic acids is 1. The van der Waals surface area contributed by atoms with Gasteiger partial charge in [0.05, 0.1) is 12.2 Å². The molecule has 0 fully saturated rings. The lowest BCUT2D eigenvalue weighted by atomic mass is 10.1. The van der Waals surface area contributed by atoms with Crippen molar-refractivity contribution in [3.8, 4) is 5.75 Å². The molecule has 0 radical (unpaired) electrons. The minimum Gasteiger partial charge on any atom is -1.00 e. The van der Waals surface area contributed by atoms with Gasteiger partial charge in [0.25, 0.3) is 5.69 Å². The van der Waals surface area contributed by atoms with Gasteiger partial charge in [-0.1, -0.05) is 0 Å². The second kappa shape index (κ2) is 4.04. The second-order valence-corrected chi connectivity index (χ2v) is 3.16. The standard InChI is InChI=1S/C9H9NO4.ClH/c1-4-8(12)5(2-11)6-3-14-9(13)7(6)10-4;/h11-12H,2-3H2,1H3;1H. The first kappa shape index (κ1) is 11.7. The fourth-order valence-electron chi connectivity index (χ4n) is 1.56. The smallest absolute Gasteiger partial charge is 0.404 e. The molecule has 5 nitrogen and oxygen atoms in total. The van der Waals surface area contributed by atoms with Crippen LogP contribution in [0.4, 0.5) is 0 Å². The van der Waals surface area contributed by atoms with E-state index in [1.165, 1.54) is 0 Å². The van der Waals surface area contributed by atoms with Crippen molar-refractivity contribution in [2.24, 2.45) is 0 Å². The molecule has 0 saturated heterocycles. The number of nitrogens with one attached hydrogen (secondary N) is 1. The van der Waals surface area contributed by atoms with Crippen molar-refractivity contribution in [2.75, 3.05) is 0 Å². The van der Waals surface area contributed by atoms with Crippen LogP contribution in [-0.4, -0.2) is 16.2 Å². The van der Waals surface area contributed by atoms with Gasteiger partial charge < -0.3 is 27.4 Å². The number of rotatable bonds is 1. The topological polar surface area (TPSA) is 80.9 Å². The van der Waals surface area contributed by atoms with Crippen LogP contribution in [0.1, 0.15) is 27.3 Å². The Morgan fingerprint density at radius 3 is 2.80 bits per heavy atom. The van der Waals surface area contributed by atoms with Crippen LogP contribution in [0.5, 0.6) is 5.75 Å². The minimum absolute atomic E-state index is 0. The number of cyclic esters (lactones) is 1. The van der Waals surface area contributed by atoms with Gasteiger partial charge in [-0.2, -0.15) is 4.98 Å². The van der Waals surface area contributed by atoms with E-state index in [1.54, 1.807) is 6.92 Å². The molecule has 0 unspecified atom stereocenters. The summed E-state index contributed by atoms with van der Waals surface area (Å²) in [7, 11) is 0. The number of aromatic amines is 1. The van der Waals surface area contributed by atoms with E-state index in [4.69, 9.17) is 9.84 Å². The first-order valence-corrected chi connectivity index (χ1v) is 4.19. The predicted octanol–water partition coefficient (Wildman–Crippen LogP) is -3.32. The van der Waals surface area contributed by atoms with E-state index in [0.717, 1.165) is 0 Å². The Kier molecular flexibility index (Phi) is 3.16. The number of ether oxygens (including phenoxy) is 1. The summed E-state index contributed by atoms with van der Waals surface area (Å²) in [6, 6.07) is 0. The number of H-pyrrole nitrogens is 1. The van der Waals surface area contributed by atoms with Crippen LogP contribution in [-0.2, 0) is 18.0 Å². The molecular formula is C9H10ClNO4. The Morgan fingerprint density at radius 1 is 1.53 bits per heavy atom. The number of aliphatic hydroxyl groups is 1. The number of esters is 1. The molecule has 1 aliphatic heterocycles. The van der Waals surface area contributed by atoms with E-state index < -0.39 is 5.97 Å². The Balaban J connectivity index is 0.00000112. The zero-order valence-corrected chi connectivity index (χ0v) is 8.76. The highest BCUT2D eigenvalue weighted by Crippen LogP contribution is 2.28. The highest BCUT2D eigenvalue weighted by Gasteiger charge is 2.34. The number of hydrogen-bond donors (Lipinski definition) is 2. The molecule has 2 heterocycles. The van der Waals surface area contributed by atoms with Gasteiger partial charge in [0.2, 0.25) is 5.69 Å². The van der Waals surface area contributed by atoms with Gasteiger partial charge in [-0.15, -0.1) is 0 Å². The van der Waals surface area contributed by atoms with Crippen molar-refractivity contribution in [3.05, 3.63) is 22.5 Å². The monoisotopic (exact) mass is 231 g/mol. The molecule has 0 aromatic carbocycles. The first-order valence-electron chi connectivity index (χ1n) is 4.19. The number of halogens is 1. The maximum atomic E-state index is 11.2. The average molecular weight is 232 g/mol. The molecule has 3 N–H and O–H groups in total. The molecule has 1 aliphatic rings. The van der Waals surface area contributed by atoms with Gasteiger partial charge in [0, 0.05) is 12.5 Å². The summed E-state index contributed by atoms with van der Waals surface area (Å²) in [6.07, 6.45) is 0. The SMILES string of the molecule is Cc1[nH+]c2c(c(CO)c1O)COC2=O.[Cl-]. The maximum absolute atomic E-state index is 11.2. The van der Waals surface area contributed by atoms with Crippen LogP contribution in [0.15, 0.2) is 0 Å². The van der Waals surface area contributed by atoms with E-state index in [1.807, 2.05) is 0 Å². The number of fused-ring (bicyclic) bond motifs is 1. The number of aliphatic hydroxyl groups excluding tert-OH is 1. The van der Waals surface area contributed by atoms with Gasteiger partial charge in [0.15, 0.2) is 5.75 Å². The second-order valence-electron chi connectivity index (χ2n) is 3.16. The zero-order valence-electron chi connectivity index (χ0n) is 8.00. The summed E-state index contributed by atoms with van der Waals surface area (Å²) in [5.74, 6) is -0.456. The highest BCUT2D eigenvalue weighted by molar-refractivity contribution is 5.90. The third kappa shape index (κ3) is 1.64. The van der Waals surface area contributed by atoms with E-state index in [2.05, 4.69) is 4.98 Å². The highest BCUT2D eigenvalue weighted by atomic mass is 35.5. The molecule has 0 atom stereocenters. The predicted molar refractivity (Wildman–Crippen MR) is 44.4 cm³/mol. The van der Waals surface area contributed by atoms with E-state index in [0.29, 0.717) is 22.5 Å². The van der Waals surface area contributed by atoms with Gasteiger partial charge in [-0.3, -0.25) is 0 Å². The number of hydrogen-bond acceptors (Lipinski definition) is 4. The van der Waals surface area contributed by atoms with Crippen LogP contribution in [0.2, 0.25) is 0 Å². The summed E-state index contributed by atoms with van der Waals surface area (Å²) in [4.78, 5) is 13.9. The van der Waals surface area contributed by atoms with Crippen LogP contribution in [0.3, 0.4) is 0 Å². The van der Waals surface area contributed by atoms with Crippen molar-refractivity contribution in [2.45, 2.75) is 20.1 Å². The lowest BCUT2D eigenvalue weighted by molar-refractivity contribution is -0.393. The van der Waals surface area contributed by atoms with Crippen molar-refractivity contribution in [3.63, 3.8) is 0 Å². The van der Waals surface area contributed by atoms with Gasteiger partial charge in [-0.05, 0) is 0 Å². The third-order valence-corrected chi connectivity index (χ3v) is 2.33. The largest absolute Gasteiger partial charge is 1.00 e. The van der Waals surface area contributed by atoms with Crippen LogP contribution < -0.4 is 17.4 Å².